The molecule has 0 radical (unpaired) electrons. The van der Waals surface area contributed by atoms with E-state index in [-0.39, 0.29) is 0 Å². The maximum atomic E-state index is 6.19. The first-order chi connectivity index (χ1) is 8.79. The predicted octanol–water partition coefficient (Wildman–Crippen LogP) is 2.98. The van der Waals surface area contributed by atoms with Gasteiger partial charge in [-0.15, -0.1) is 0 Å². The molecule has 0 aromatic heterocycles. The van der Waals surface area contributed by atoms with Crippen LogP contribution in [0.1, 0.15) is 32.1 Å². The molecule has 2 N–H and O–H groups in total. The van der Waals surface area contributed by atoms with E-state index in [1.54, 1.807) is 7.11 Å². The first kappa shape index (κ1) is 13.2. The van der Waals surface area contributed by atoms with E-state index in [0.29, 0.717) is 18.6 Å². The molecule has 0 saturated heterocycles. The van der Waals surface area contributed by atoms with Crippen LogP contribution in [0.4, 0.5) is 0 Å². The second kappa shape index (κ2) is 6.64. The van der Waals surface area contributed by atoms with E-state index in [9.17, 15) is 0 Å². The summed E-state index contributed by atoms with van der Waals surface area (Å²) < 4.78 is 10.8. The number of rotatable bonds is 6. The Morgan fingerprint density at radius 3 is 2.39 bits per heavy atom. The highest BCUT2D eigenvalue weighted by Crippen LogP contribution is 2.28. The van der Waals surface area contributed by atoms with Crippen molar-refractivity contribution >= 4 is 0 Å². The molecule has 2 rings (SSSR count). The Labute approximate surface area is 109 Å². The number of methoxy groups -OCH3 is 1. The molecule has 1 saturated carbocycles. The standard InChI is InChI=1S/C15H23NO2/c1-17-13-6-8-14(9-7-13)18-11-10-15(16)12-4-2-3-5-12/h6-9,12,15H,2-5,10-11,16H2,1H3. The Morgan fingerprint density at radius 2 is 1.78 bits per heavy atom. The van der Waals surface area contributed by atoms with E-state index < -0.39 is 0 Å². The first-order valence-electron chi connectivity index (χ1n) is 6.82. The van der Waals surface area contributed by atoms with Crippen molar-refractivity contribution in [3.05, 3.63) is 24.3 Å². The van der Waals surface area contributed by atoms with Crippen molar-refractivity contribution in [3.8, 4) is 11.5 Å². The quantitative estimate of drug-likeness (QED) is 0.843. The van der Waals surface area contributed by atoms with Gasteiger partial charge in [-0.25, -0.2) is 0 Å². The number of nitrogens with two attached hydrogens (primary N) is 1. The molecule has 100 valence electrons. The zero-order valence-electron chi connectivity index (χ0n) is 11.1. The van der Waals surface area contributed by atoms with Crippen molar-refractivity contribution < 1.29 is 9.47 Å². The van der Waals surface area contributed by atoms with Gasteiger partial charge in [-0.3, -0.25) is 0 Å². The molecule has 1 aliphatic rings. The lowest BCUT2D eigenvalue weighted by Crippen LogP contribution is -2.30. The lowest BCUT2D eigenvalue weighted by atomic mass is 9.97. The van der Waals surface area contributed by atoms with Gasteiger partial charge in [-0.05, 0) is 49.4 Å². The zero-order valence-corrected chi connectivity index (χ0v) is 11.1. The van der Waals surface area contributed by atoms with Gasteiger partial charge >= 0.3 is 0 Å². The fraction of sp³-hybridized carbons (Fsp3) is 0.600. The van der Waals surface area contributed by atoms with Crippen LogP contribution in [0.5, 0.6) is 11.5 Å². The molecule has 3 heteroatoms. The molecule has 1 aromatic rings. The van der Waals surface area contributed by atoms with Crippen molar-refractivity contribution in [2.75, 3.05) is 13.7 Å². The molecule has 0 spiro atoms. The van der Waals surface area contributed by atoms with Crippen LogP contribution in [-0.2, 0) is 0 Å². The van der Waals surface area contributed by atoms with Gasteiger partial charge in [0.25, 0.3) is 0 Å². The highest BCUT2D eigenvalue weighted by molar-refractivity contribution is 5.31. The molecule has 1 aromatic carbocycles. The Kier molecular flexibility index (Phi) is 4.88. The third kappa shape index (κ3) is 3.64. The summed E-state index contributed by atoms with van der Waals surface area (Å²) in [4.78, 5) is 0. The lowest BCUT2D eigenvalue weighted by molar-refractivity contribution is 0.274. The van der Waals surface area contributed by atoms with E-state index in [4.69, 9.17) is 15.2 Å². The van der Waals surface area contributed by atoms with Crippen LogP contribution in [0.2, 0.25) is 0 Å². The topological polar surface area (TPSA) is 44.5 Å². The van der Waals surface area contributed by atoms with Crippen molar-refractivity contribution in [3.63, 3.8) is 0 Å². The Morgan fingerprint density at radius 1 is 1.17 bits per heavy atom. The molecule has 0 heterocycles. The van der Waals surface area contributed by atoms with E-state index >= 15 is 0 Å². The Balaban J connectivity index is 1.70. The maximum Gasteiger partial charge on any atom is 0.119 e. The van der Waals surface area contributed by atoms with E-state index in [2.05, 4.69) is 0 Å². The minimum absolute atomic E-state index is 0.297. The summed E-state index contributed by atoms with van der Waals surface area (Å²) in [5.74, 6) is 2.45. The van der Waals surface area contributed by atoms with Crippen molar-refractivity contribution in [2.24, 2.45) is 11.7 Å². The van der Waals surface area contributed by atoms with Crippen molar-refractivity contribution in [1.82, 2.24) is 0 Å². The van der Waals surface area contributed by atoms with Gasteiger partial charge in [0.05, 0.1) is 13.7 Å². The molecule has 0 bridgehead atoms. The summed E-state index contributed by atoms with van der Waals surface area (Å²) in [7, 11) is 1.66. The largest absolute Gasteiger partial charge is 0.497 e. The van der Waals surface area contributed by atoms with Crippen LogP contribution in [0.3, 0.4) is 0 Å². The molecule has 3 nitrogen and oxygen atoms in total. The fourth-order valence-electron chi connectivity index (χ4n) is 2.61. The van der Waals surface area contributed by atoms with Crippen molar-refractivity contribution in [1.29, 1.82) is 0 Å². The van der Waals surface area contributed by atoms with Crippen LogP contribution in [-0.4, -0.2) is 19.8 Å². The molecule has 1 unspecified atom stereocenters. The van der Waals surface area contributed by atoms with Gasteiger partial charge in [-0.1, -0.05) is 12.8 Å². The normalized spacial score (nSPS) is 17.7. The molecule has 1 aliphatic carbocycles. The third-order valence-corrected chi connectivity index (χ3v) is 3.78. The highest BCUT2D eigenvalue weighted by atomic mass is 16.5. The SMILES string of the molecule is COc1ccc(OCCC(N)C2CCCC2)cc1. The fourth-order valence-corrected chi connectivity index (χ4v) is 2.61. The number of hydrogen-bond donors (Lipinski definition) is 1. The summed E-state index contributed by atoms with van der Waals surface area (Å²) in [6.45, 7) is 0.698. The molecule has 18 heavy (non-hydrogen) atoms. The molecule has 1 atom stereocenters. The van der Waals surface area contributed by atoms with Gasteiger partial charge < -0.3 is 15.2 Å². The second-order valence-corrected chi connectivity index (χ2v) is 5.02. The molecular weight excluding hydrogens is 226 g/mol. The van der Waals surface area contributed by atoms with Gasteiger partial charge in [-0.2, -0.15) is 0 Å². The van der Waals surface area contributed by atoms with E-state index in [1.807, 2.05) is 24.3 Å². The molecular formula is C15H23NO2. The lowest BCUT2D eigenvalue weighted by Gasteiger charge is -2.18. The van der Waals surface area contributed by atoms with Crippen LogP contribution in [0.25, 0.3) is 0 Å². The predicted molar refractivity (Wildman–Crippen MR) is 73.0 cm³/mol. The average Bonchev–Trinajstić information content (AvgIpc) is 2.93. The molecule has 1 fully saturated rings. The Hall–Kier alpha value is -1.22. The number of benzene rings is 1. The van der Waals surface area contributed by atoms with Crippen molar-refractivity contribution in [2.45, 2.75) is 38.1 Å². The van der Waals surface area contributed by atoms with E-state index in [1.165, 1.54) is 25.7 Å². The van der Waals surface area contributed by atoms with Crippen LogP contribution in [0.15, 0.2) is 24.3 Å². The van der Waals surface area contributed by atoms with Crippen LogP contribution >= 0.6 is 0 Å². The summed E-state index contributed by atoms with van der Waals surface area (Å²) in [6, 6.07) is 7.98. The van der Waals surface area contributed by atoms with Gasteiger partial charge in [0, 0.05) is 6.04 Å². The zero-order chi connectivity index (χ0) is 12.8. The van der Waals surface area contributed by atoms with Gasteiger partial charge in [0.2, 0.25) is 0 Å². The number of hydrogen-bond acceptors (Lipinski definition) is 3. The average molecular weight is 249 g/mol. The molecule has 0 aliphatic heterocycles. The first-order valence-corrected chi connectivity index (χ1v) is 6.82. The molecule has 0 amide bonds. The maximum absolute atomic E-state index is 6.19. The highest BCUT2D eigenvalue weighted by Gasteiger charge is 2.21. The third-order valence-electron chi connectivity index (χ3n) is 3.78. The van der Waals surface area contributed by atoms with Crippen LogP contribution < -0.4 is 15.2 Å². The van der Waals surface area contributed by atoms with Crippen LogP contribution in [0, 0.1) is 5.92 Å². The number of ether oxygens (including phenoxy) is 2. The van der Waals surface area contributed by atoms with E-state index in [0.717, 1.165) is 17.9 Å². The summed E-state index contributed by atoms with van der Waals surface area (Å²) in [5.41, 5.74) is 6.19. The minimum atomic E-state index is 0.297. The monoisotopic (exact) mass is 249 g/mol. The summed E-state index contributed by atoms with van der Waals surface area (Å²) >= 11 is 0. The van der Waals surface area contributed by atoms with Gasteiger partial charge in [0.15, 0.2) is 0 Å². The minimum Gasteiger partial charge on any atom is -0.497 e. The van der Waals surface area contributed by atoms with Gasteiger partial charge in [0.1, 0.15) is 11.5 Å². The Bertz CT molecular complexity index is 344. The summed E-state index contributed by atoms with van der Waals surface area (Å²) in [6.07, 6.45) is 6.22. The second-order valence-electron chi connectivity index (χ2n) is 5.02. The smallest absolute Gasteiger partial charge is 0.119 e. The summed E-state index contributed by atoms with van der Waals surface area (Å²) in [5, 5.41) is 0.